The zero-order chi connectivity index (χ0) is 17.8. The Hall–Kier alpha value is -2.80. The van der Waals surface area contributed by atoms with Crippen molar-refractivity contribution in [2.75, 3.05) is 0 Å². The summed E-state index contributed by atoms with van der Waals surface area (Å²) in [5.74, 6) is 0.513. The molecular formula is C19H18N4O2S. The van der Waals surface area contributed by atoms with E-state index in [1.165, 1.54) is 24.2 Å². The third-order valence-corrected chi connectivity index (χ3v) is 5.14. The fourth-order valence-electron chi connectivity index (χ4n) is 3.13. The van der Waals surface area contributed by atoms with Gasteiger partial charge in [-0.2, -0.15) is 0 Å². The average Bonchev–Trinajstić information content (AvgIpc) is 3.36. The van der Waals surface area contributed by atoms with Gasteiger partial charge in [0.15, 0.2) is 0 Å². The van der Waals surface area contributed by atoms with Gasteiger partial charge in [-0.3, -0.25) is 4.98 Å². The van der Waals surface area contributed by atoms with E-state index in [9.17, 15) is 4.79 Å². The number of pyridine rings is 1. The second-order valence-electron chi connectivity index (χ2n) is 6.25. The van der Waals surface area contributed by atoms with Crippen molar-refractivity contribution in [3.05, 3.63) is 48.2 Å². The van der Waals surface area contributed by atoms with E-state index in [2.05, 4.69) is 20.5 Å². The van der Waals surface area contributed by atoms with E-state index < -0.39 is 6.09 Å². The lowest BCUT2D eigenvalue weighted by Gasteiger charge is -2.12. The number of carbonyl (C=O) groups excluding carboxylic acids is 1. The SMILES string of the molecule is O=C(NC1CCCC1)Oc1cccc(-c2cncc(-c3nncs3)c2)c1. The first kappa shape index (κ1) is 16.7. The van der Waals surface area contributed by atoms with E-state index in [1.54, 1.807) is 24.0 Å². The fraction of sp³-hybridized carbons (Fsp3) is 0.263. The lowest BCUT2D eigenvalue weighted by molar-refractivity contribution is 0.196. The molecule has 1 fully saturated rings. The fourth-order valence-corrected chi connectivity index (χ4v) is 3.66. The Morgan fingerprint density at radius 3 is 2.77 bits per heavy atom. The Morgan fingerprint density at radius 2 is 1.96 bits per heavy atom. The van der Waals surface area contributed by atoms with Gasteiger partial charge < -0.3 is 10.1 Å². The molecule has 1 saturated carbocycles. The van der Waals surface area contributed by atoms with Crippen molar-refractivity contribution >= 4 is 17.4 Å². The van der Waals surface area contributed by atoms with Crippen molar-refractivity contribution in [2.45, 2.75) is 31.7 Å². The predicted molar refractivity (Wildman–Crippen MR) is 100.0 cm³/mol. The molecule has 4 rings (SSSR count). The van der Waals surface area contributed by atoms with Crippen LogP contribution in [0.15, 0.2) is 48.2 Å². The quantitative estimate of drug-likeness (QED) is 0.745. The average molecular weight is 366 g/mol. The molecule has 0 bridgehead atoms. The van der Waals surface area contributed by atoms with Crippen LogP contribution in [-0.4, -0.2) is 27.3 Å². The van der Waals surface area contributed by atoms with Crippen molar-refractivity contribution in [2.24, 2.45) is 0 Å². The number of rotatable bonds is 4. The molecule has 6 nitrogen and oxygen atoms in total. The van der Waals surface area contributed by atoms with Crippen LogP contribution >= 0.6 is 11.3 Å². The second-order valence-corrected chi connectivity index (χ2v) is 7.08. The molecule has 1 aliphatic rings. The van der Waals surface area contributed by atoms with Crippen LogP contribution in [0.2, 0.25) is 0 Å². The van der Waals surface area contributed by atoms with Crippen LogP contribution in [0.4, 0.5) is 4.79 Å². The minimum Gasteiger partial charge on any atom is -0.410 e. The maximum atomic E-state index is 12.1. The van der Waals surface area contributed by atoms with Crippen LogP contribution in [0.3, 0.4) is 0 Å². The van der Waals surface area contributed by atoms with E-state index in [0.29, 0.717) is 5.75 Å². The third-order valence-electron chi connectivity index (χ3n) is 4.40. The smallest absolute Gasteiger partial charge is 0.410 e. The van der Waals surface area contributed by atoms with Crippen molar-refractivity contribution in [1.29, 1.82) is 0 Å². The van der Waals surface area contributed by atoms with E-state index in [0.717, 1.165) is 34.5 Å². The summed E-state index contributed by atoms with van der Waals surface area (Å²) in [6, 6.07) is 9.69. The first-order valence-corrected chi connectivity index (χ1v) is 9.46. The molecule has 0 atom stereocenters. The molecule has 0 radical (unpaired) electrons. The predicted octanol–water partition coefficient (Wildman–Crippen LogP) is 4.30. The topological polar surface area (TPSA) is 77.0 Å². The van der Waals surface area contributed by atoms with Crippen LogP contribution in [0, 0.1) is 0 Å². The summed E-state index contributed by atoms with van der Waals surface area (Å²) in [5, 5.41) is 11.7. The Bertz CT molecular complexity index is 892. The molecule has 0 spiro atoms. The standard InChI is InChI=1S/C19H18N4O2S/c24-19(22-16-5-1-2-6-16)25-17-7-3-4-13(9-17)14-8-15(11-20-10-14)18-23-21-12-26-18/h3-4,7-12,16H,1-2,5-6H2,(H,22,24). The van der Waals surface area contributed by atoms with Crippen molar-refractivity contribution in [1.82, 2.24) is 20.5 Å². The Morgan fingerprint density at radius 1 is 1.12 bits per heavy atom. The number of benzene rings is 1. The minimum atomic E-state index is -0.394. The van der Waals surface area contributed by atoms with Crippen molar-refractivity contribution in [3.63, 3.8) is 0 Å². The number of nitrogens with one attached hydrogen (secondary N) is 1. The highest BCUT2D eigenvalue weighted by Gasteiger charge is 2.18. The number of carbonyl (C=O) groups is 1. The summed E-state index contributed by atoms with van der Waals surface area (Å²) in [5.41, 5.74) is 4.46. The second kappa shape index (κ2) is 7.61. The van der Waals surface area contributed by atoms with Crippen molar-refractivity contribution < 1.29 is 9.53 Å². The monoisotopic (exact) mass is 366 g/mol. The van der Waals surface area contributed by atoms with Gasteiger partial charge in [-0.25, -0.2) is 4.79 Å². The first-order valence-electron chi connectivity index (χ1n) is 8.58. The van der Waals surface area contributed by atoms with Gasteiger partial charge in [-0.1, -0.05) is 36.3 Å². The Balaban J connectivity index is 1.50. The summed E-state index contributed by atoms with van der Waals surface area (Å²) < 4.78 is 5.45. The van der Waals surface area contributed by atoms with E-state index in [-0.39, 0.29) is 6.04 Å². The van der Waals surface area contributed by atoms with Gasteiger partial charge in [-0.05, 0) is 36.6 Å². The van der Waals surface area contributed by atoms with Crippen LogP contribution in [0.5, 0.6) is 5.75 Å². The molecule has 2 aromatic heterocycles. The lowest BCUT2D eigenvalue weighted by Crippen LogP contribution is -2.34. The zero-order valence-electron chi connectivity index (χ0n) is 14.1. The molecule has 1 aromatic carbocycles. The highest BCUT2D eigenvalue weighted by atomic mass is 32.1. The molecule has 0 aliphatic heterocycles. The van der Waals surface area contributed by atoms with E-state index in [4.69, 9.17) is 4.74 Å². The summed E-state index contributed by atoms with van der Waals surface area (Å²) >= 11 is 1.47. The molecule has 1 amide bonds. The third kappa shape index (κ3) is 3.88. The molecule has 1 N–H and O–H groups in total. The van der Waals surface area contributed by atoms with Gasteiger partial charge in [-0.15, -0.1) is 10.2 Å². The normalized spacial score (nSPS) is 14.3. The summed E-state index contributed by atoms with van der Waals surface area (Å²) in [6.07, 6.45) is 7.53. The van der Waals surface area contributed by atoms with Gasteiger partial charge >= 0.3 is 6.09 Å². The first-order chi connectivity index (χ1) is 12.8. The van der Waals surface area contributed by atoms with E-state index in [1.807, 2.05) is 24.3 Å². The number of hydrogen-bond acceptors (Lipinski definition) is 6. The van der Waals surface area contributed by atoms with Crippen LogP contribution < -0.4 is 10.1 Å². The molecular weight excluding hydrogens is 348 g/mol. The number of amides is 1. The number of aromatic nitrogens is 3. The van der Waals surface area contributed by atoms with Crippen LogP contribution in [0.1, 0.15) is 25.7 Å². The summed E-state index contributed by atoms with van der Waals surface area (Å²) in [7, 11) is 0. The largest absolute Gasteiger partial charge is 0.412 e. The molecule has 0 saturated heterocycles. The molecule has 0 unspecified atom stereocenters. The Kier molecular flexibility index (Phi) is 4.88. The van der Waals surface area contributed by atoms with Crippen molar-refractivity contribution in [3.8, 4) is 27.4 Å². The van der Waals surface area contributed by atoms with Gasteiger partial charge in [0.25, 0.3) is 0 Å². The van der Waals surface area contributed by atoms with Gasteiger partial charge in [0.1, 0.15) is 16.3 Å². The minimum absolute atomic E-state index is 0.235. The highest BCUT2D eigenvalue weighted by Crippen LogP contribution is 2.28. The lowest BCUT2D eigenvalue weighted by atomic mass is 10.1. The van der Waals surface area contributed by atoms with Gasteiger partial charge in [0.2, 0.25) is 0 Å². The van der Waals surface area contributed by atoms with Gasteiger partial charge in [0.05, 0.1) is 0 Å². The Labute approximate surface area is 155 Å². The molecule has 132 valence electrons. The summed E-state index contributed by atoms with van der Waals surface area (Å²) in [6.45, 7) is 0. The van der Waals surface area contributed by atoms with Crippen LogP contribution in [-0.2, 0) is 0 Å². The number of ether oxygens (including phenoxy) is 1. The highest BCUT2D eigenvalue weighted by molar-refractivity contribution is 7.12. The maximum Gasteiger partial charge on any atom is 0.412 e. The maximum absolute atomic E-state index is 12.1. The van der Waals surface area contributed by atoms with Crippen LogP contribution in [0.25, 0.3) is 21.7 Å². The molecule has 7 heteroatoms. The van der Waals surface area contributed by atoms with Gasteiger partial charge in [0, 0.05) is 29.6 Å². The molecule has 3 aromatic rings. The molecule has 26 heavy (non-hydrogen) atoms. The summed E-state index contributed by atoms with van der Waals surface area (Å²) in [4.78, 5) is 16.4. The van der Waals surface area contributed by atoms with E-state index >= 15 is 0 Å². The zero-order valence-corrected chi connectivity index (χ0v) is 14.9. The molecule has 1 aliphatic carbocycles. The number of hydrogen-bond donors (Lipinski definition) is 1. The molecule has 2 heterocycles. The number of nitrogens with zero attached hydrogens (tertiary/aromatic N) is 3.